The maximum atomic E-state index is 13.0. The molecular weight excluding hydrogens is 500 g/mol. The average molecular weight is 519 g/mol. The zero-order chi connectivity index (χ0) is 25.2. The number of aromatic nitrogens is 4. The summed E-state index contributed by atoms with van der Waals surface area (Å²) in [6.45, 7) is 1.71. The topological polar surface area (TPSA) is 119 Å². The molecule has 36 heavy (non-hydrogen) atoms. The number of hydrogen-bond acceptors (Lipinski definition) is 6. The van der Waals surface area contributed by atoms with Gasteiger partial charge in [0.1, 0.15) is 5.69 Å². The number of carbonyl (C=O) groups excluding carboxylic acids is 1. The normalized spacial score (nSPS) is 11.9. The van der Waals surface area contributed by atoms with E-state index >= 15 is 0 Å². The van der Waals surface area contributed by atoms with Crippen molar-refractivity contribution < 1.29 is 9.72 Å². The van der Waals surface area contributed by atoms with E-state index in [0.717, 1.165) is 22.2 Å². The largest absolute Gasteiger partial charge is 0.360 e. The lowest BCUT2D eigenvalue weighted by Crippen LogP contribution is -2.23. The number of hydrogen-bond donors (Lipinski definition) is 2. The Labute approximate surface area is 214 Å². The van der Waals surface area contributed by atoms with Gasteiger partial charge in [-0.25, -0.2) is 0 Å². The van der Waals surface area contributed by atoms with Crippen molar-refractivity contribution in [1.29, 1.82) is 0 Å². The van der Waals surface area contributed by atoms with Crippen molar-refractivity contribution in [3.63, 3.8) is 0 Å². The maximum absolute atomic E-state index is 13.0. The van der Waals surface area contributed by atoms with Gasteiger partial charge in [-0.2, -0.15) is 0 Å². The first-order chi connectivity index (χ1) is 17.4. The number of amides is 1. The highest BCUT2D eigenvalue weighted by molar-refractivity contribution is 8.00. The fraction of sp³-hybridized carbons (Fsp3) is 0.0800. The summed E-state index contributed by atoms with van der Waals surface area (Å²) in [7, 11) is 0. The average Bonchev–Trinajstić information content (AvgIpc) is 3.48. The second-order valence-corrected chi connectivity index (χ2v) is 9.63. The lowest BCUT2D eigenvalue weighted by atomic mass is 10.1. The quantitative estimate of drug-likeness (QED) is 0.153. The lowest BCUT2D eigenvalue weighted by Gasteiger charge is -2.14. The molecule has 0 bridgehead atoms. The van der Waals surface area contributed by atoms with E-state index in [1.54, 1.807) is 31.2 Å². The van der Waals surface area contributed by atoms with Crippen LogP contribution in [0.2, 0.25) is 5.02 Å². The van der Waals surface area contributed by atoms with Gasteiger partial charge in [-0.05, 0) is 43.3 Å². The molecular formula is C25H19ClN6O3S. The highest BCUT2D eigenvalue weighted by Crippen LogP contribution is 2.34. The SMILES string of the molecule is C[C@@H](Sc1nnc(-c2c[nH]c3ccccc23)n1-c1ccc(Cl)cc1)C(=O)Nc1ccccc1[N+](=O)[O-]. The van der Waals surface area contributed by atoms with Gasteiger partial charge in [0.05, 0.1) is 10.2 Å². The number of H-pyrrole nitrogens is 1. The van der Waals surface area contributed by atoms with Crippen LogP contribution in [0.25, 0.3) is 28.0 Å². The standard InChI is InChI=1S/C25H19ClN6O3S/c1-15(24(33)28-21-8-4-5-9-22(21)32(34)35)36-25-30-29-23(31(25)17-12-10-16(26)11-13-17)19-14-27-20-7-3-2-6-18(19)20/h2-15,27H,1H3,(H,28,33)/t15-/m1/s1. The molecule has 0 aliphatic carbocycles. The van der Waals surface area contributed by atoms with Gasteiger partial charge in [0.2, 0.25) is 5.91 Å². The van der Waals surface area contributed by atoms with Crippen LogP contribution >= 0.6 is 23.4 Å². The smallest absolute Gasteiger partial charge is 0.292 e. The van der Waals surface area contributed by atoms with Crippen molar-refractivity contribution in [2.75, 3.05) is 5.32 Å². The Morgan fingerprint density at radius 1 is 1.08 bits per heavy atom. The number of halogens is 1. The lowest BCUT2D eigenvalue weighted by molar-refractivity contribution is -0.383. The first kappa shape index (κ1) is 23.6. The predicted octanol–water partition coefficient (Wildman–Crippen LogP) is 6.10. The molecule has 11 heteroatoms. The Hall–Kier alpha value is -4.15. The molecule has 0 saturated carbocycles. The number of aromatic amines is 1. The highest BCUT2D eigenvalue weighted by atomic mass is 35.5. The number of nitro groups is 1. The monoisotopic (exact) mass is 518 g/mol. The van der Waals surface area contributed by atoms with Crippen LogP contribution < -0.4 is 5.32 Å². The number of benzene rings is 3. The van der Waals surface area contributed by atoms with Crippen molar-refractivity contribution in [3.05, 3.63) is 94.1 Å². The third-order valence-electron chi connectivity index (χ3n) is 5.56. The zero-order valence-electron chi connectivity index (χ0n) is 18.9. The molecule has 0 unspecified atom stereocenters. The van der Waals surface area contributed by atoms with Crippen molar-refractivity contribution in [1.82, 2.24) is 19.7 Å². The molecule has 2 heterocycles. The van der Waals surface area contributed by atoms with Crippen LogP contribution in [0.1, 0.15) is 6.92 Å². The molecule has 0 saturated heterocycles. The van der Waals surface area contributed by atoms with Gasteiger partial charge in [-0.3, -0.25) is 19.5 Å². The molecule has 0 aliphatic heterocycles. The van der Waals surface area contributed by atoms with E-state index in [4.69, 9.17) is 11.6 Å². The number of rotatable bonds is 7. The van der Waals surface area contributed by atoms with Gasteiger partial charge in [0.15, 0.2) is 11.0 Å². The Morgan fingerprint density at radius 3 is 2.58 bits per heavy atom. The molecule has 0 fully saturated rings. The van der Waals surface area contributed by atoms with Crippen molar-refractivity contribution in [3.8, 4) is 17.1 Å². The third-order valence-corrected chi connectivity index (χ3v) is 6.85. The third kappa shape index (κ3) is 4.56. The number of nitrogens with zero attached hydrogens (tertiary/aromatic N) is 4. The first-order valence-electron chi connectivity index (χ1n) is 10.9. The fourth-order valence-corrected chi connectivity index (χ4v) is 4.78. The second-order valence-electron chi connectivity index (χ2n) is 7.89. The first-order valence-corrected chi connectivity index (χ1v) is 12.2. The van der Waals surface area contributed by atoms with E-state index in [1.807, 2.05) is 47.2 Å². The Morgan fingerprint density at radius 2 is 1.81 bits per heavy atom. The molecule has 5 rings (SSSR count). The molecule has 180 valence electrons. The number of thioether (sulfide) groups is 1. The summed E-state index contributed by atoms with van der Waals surface area (Å²) in [6.07, 6.45) is 1.88. The molecule has 0 spiro atoms. The Bertz CT molecular complexity index is 1580. The Balaban J connectivity index is 1.50. The summed E-state index contributed by atoms with van der Waals surface area (Å²) < 4.78 is 1.87. The molecule has 1 atom stereocenters. The van der Waals surface area contributed by atoms with Gasteiger partial charge in [-0.1, -0.05) is 53.7 Å². The summed E-state index contributed by atoms with van der Waals surface area (Å²) in [5.41, 5.74) is 2.56. The van der Waals surface area contributed by atoms with E-state index < -0.39 is 16.1 Å². The van der Waals surface area contributed by atoms with Crippen LogP contribution in [-0.4, -0.2) is 35.8 Å². The highest BCUT2D eigenvalue weighted by Gasteiger charge is 2.24. The number of fused-ring (bicyclic) bond motifs is 1. The van der Waals surface area contributed by atoms with E-state index in [1.165, 1.54) is 23.9 Å². The molecule has 3 aromatic carbocycles. The maximum Gasteiger partial charge on any atom is 0.292 e. The molecule has 2 N–H and O–H groups in total. The van der Waals surface area contributed by atoms with Crippen molar-refractivity contribution in [2.24, 2.45) is 0 Å². The summed E-state index contributed by atoms with van der Waals surface area (Å²) in [4.78, 5) is 27.0. The van der Waals surface area contributed by atoms with Crippen LogP contribution in [-0.2, 0) is 4.79 Å². The van der Waals surface area contributed by atoms with E-state index in [-0.39, 0.29) is 11.4 Å². The number of carbonyl (C=O) groups is 1. The molecule has 0 aliphatic rings. The van der Waals surface area contributed by atoms with Gasteiger partial charge in [0, 0.05) is 39.4 Å². The molecule has 1 amide bonds. The van der Waals surface area contributed by atoms with Crippen molar-refractivity contribution in [2.45, 2.75) is 17.3 Å². The molecule has 9 nitrogen and oxygen atoms in total. The number of nitro benzene ring substituents is 1. The number of anilines is 1. The van der Waals surface area contributed by atoms with Crippen molar-refractivity contribution >= 4 is 51.5 Å². The minimum atomic E-state index is -0.629. The fourth-order valence-electron chi connectivity index (χ4n) is 3.78. The number of nitrogens with one attached hydrogen (secondary N) is 2. The molecule has 5 aromatic rings. The van der Waals surface area contributed by atoms with Gasteiger partial charge in [-0.15, -0.1) is 10.2 Å². The van der Waals surface area contributed by atoms with Gasteiger partial charge < -0.3 is 10.3 Å². The van der Waals surface area contributed by atoms with Crippen LogP contribution in [0.3, 0.4) is 0 Å². The molecule has 2 aromatic heterocycles. The van der Waals surface area contributed by atoms with Crippen LogP contribution in [0.4, 0.5) is 11.4 Å². The second kappa shape index (κ2) is 9.84. The van der Waals surface area contributed by atoms with Crippen LogP contribution in [0, 0.1) is 10.1 Å². The summed E-state index contributed by atoms with van der Waals surface area (Å²) in [5.74, 6) is 0.206. The van der Waals surface area contributed by atoms with E-state index in [2.05, 4.69) is 20.5 Å². The number of para-hydroxylation sites is 3. The Kier molecular flexibility index (Phi) is 6.45. The zero-order valence-corrected chi connectivity index (χ0v) is 20.5. The van der Waals surface area contributed by atoms with Gasteiger partial charge >= 0.3 is 0 Å². The van der Waals surface area contributed by atoms with Crippen LogP contribution in [0.15, 0.2) is 84.1 Å². The summed E-state index contributed by atoms with van der Waals surface area (Å²) in [6, 6.07) is 21.2. The minimum Gasteiger partial charge on any atom is -0.360 e. The van der Waals surface area contributed by atoms with E-state index in [9.17, 15) is 14.9 Å². The summed E-state index contributed by atoms with van der Waals surface area (Å²) in [5, 5.41) is 24.3. The van der Waals surface area contributed by atoms with Gasteiger partial charge in [0.25, 0.3) is 5.69 Å². The minimum absolute atomic E-state index is 0.138. The summed E-state index contributed by atoms with van der Waals surface area (Å²) >= 11 is 7.32. The van der Waals surface area contributed by atoms with Crippen LogP contribution in [0.5, 0.6) is 0 Å². The predicted molar refractivity (Wildman–Crippen MR) is 141 cm³/mol. The molecule has 0 radical (unpaired) electrons. The van der Waals surface area contributed by atoms with E-state index in [0.29, 0.717) is 16.0 Å².